The second-order valence-electron chi connectivity index (χ2n) is 9.42. The van der Waals surface area contributed by atoms with E-state index in [9.17, 15) is 4.79 Å². The van der Waals surface area contributed by atoms with Gasteiger partial charge in [0, 0.05) is 22.5 Å². The summed E-state index contributed by atoms with van der Waals surface area (Å²) in [6, 6.07) is 13.5. The van der Waals surface area contributed by atoms with E-state index in [-0.39, 0.29) is 5.56 Å². The Hall–Kier alpha value is -2.70. The maximum atomic E-state index is 13.6. The third-order valence-electron chi connectivity index (χ3n) is 7.41. The van der Waals surface area contributed by atoms with Gasteiger partial charge < -0.3 is 10.1 Å². The maximum Gasteiger partial charge on any atom is 0.262 e. The van der Waals surface area contributed by atoms with Gasteiger partial charge in [-0.1, -0.05) is 43.2 Å². The Bertz CT molecular complexity index is 1380. The van der Waals surface area contributed by atoms with Crippen molar-refractivity contribution in [3.05, 3.63) is 69.1 Å². The number of nitrogens with one attached hydrogen (secondary N) is 1. The van der Waals surface area contributed by atoms with Gasteiger partial charge in [-0.25, -0.2) is 4.98 Å². The molecule has 0 amide bonds. The first-order chi connectivity index (χ1) is 16.2. The molecule has 0 unspecified atom stereocenters. The third kappa shape index (κ3) is 3.75. The van der Waals surface area contributed by atoms with Crippen LogP contribution >= 0.6 is 11.3 Å². The Morgan fingerprint density at radius 2 is 1.97 bits per heavy atom. The van der Waals surface area contributed by atoms with E-state index in [1.54, 1.807) is 29.3 Å². The second-order valence-corrected chi connectivity index (χ2v) is 10.5. The average molecular weight is 460 g/mol. The summed E-state index contributed by atoms with van der Waals surface area (Å²) < 4.78 is 7.41. The van der Waals surface area contributed by atoms with Crippen molar-refractivity contribution in [1.29, 1.82) is 0 Å². The van der Waals surface area contributed by atoms with Crippen LogP contribution in [0.15, 0.2) is 47.5 Å². The number of benzene rings is 2. The van der Waals surface area contributed by atoms with Crippen molar-refractivity contribution in [1.82, 2.24) is 14.9 Å². The molecule has 1 N–H and O–H groups in total. The number of rotatable bonds is 5. The zero-order valence-corrected chi connectivity index (χ0v) is 19.8. The van der Waals surface area contributed by atoms with Gasteiger partial charge in [0.25, 0.3) is 5.56 Å². The molecule has 0 saturated heterocycles. The summed E-state index contributed by atoms with van der Waals surface area (Å²) in [6.07, 6.45) is 10.1. The van der Waals surface area contributed by atoms with Crippen LogP contribution in [0.25, 0.3) is 21.0 Å². The van der Waals surface area contributed by atoms with Gasteiger partial charge in [-0.05, 0) is 54.5 Å². The van der Waals surface area contributed by atoms with Crippen LogP contribution in [0.3, 0.4) is 0 Å². The first-order valence-corrected chi connectivity index (χ1v) is 12.8. The standard InChI is InChI=1S/C27H29N3O2S/c1-32-23-13-10-17-6-2-5-9-20(17)22(23)15-30-16-28-26-25(27(30)31)21-12-11-19(14-24(21)33-26)29-18-7-3-4-8-18/h2,5-6,9-10,13,16,18-19,29H,3-4,7-8,11-12,14-15H2,1H3/t19-/m1/s1. The number of aromatic nitrogens is 2. The average Bonchev–Trinajstić information content (AvgIpc) is 3.48. The molecule has 6 rings (SSSR count). The van der Waals surface area contributed by atoms with Crippen molar-refractivity contribution >= 4 is 32.3 Å². The molecule has 1 saturated carbocycles. The van der Waals surface area contributed by atoms with E-state index >= 15 is 0 Å². The van der Waals surface area contributed by atoms with Gasteiger partial charge in [0.2, 0.25) is 0 Å². The normalized spacial score (nSPS) is 18.8. The highest BCUT2D eigenvalue weighted by Gasteiger charge is 2.27. The predicted octanol–water partition coefficient (Wildman–Crippen LogP) is 5.06. The lowest BCUT2D eigenvalue weighted by Gasteiger charge is -2.26. The molecule has 2 aliphatic rings. The molecule has 0 bridgehead atoms. The van der Waals surface area contributed by atoms with E-state index in [0.717, 1.165) is 51.6 Å². The number of nitrogens with zero attached hydrogens (tertiary/aromatic N) is 2. The molecular weight excluding hydrogens is 430 g/mol. The summed E-state index contributed by atoms with van der Waals surface area (Å²) in [7, 11) is 1.68. The fraction of sp³-hybridized carbons (Fsp3) is 0.407. The van der Waals surface area contributed by atoms with Crippen LogP contribution in [0.2, 0.25) is 0 Å². The number of hydrogen-bond donors (Lipinski definition) is 1. The molecule has 0 aliphatic heterocycles. The molecule has 1 fully saturated rings. The highest BCUT2D eigenvalue weighted by molar-refractivity contribution is 7.18. The Labute approximate surface area is 197 Å². The van der Waals surface area contributed by atoms with Gasteiger partial charge in [-0.2, -0.15) is 0 Å². The smallest absolute Gasteiger partial charge is 0.262 e. The van der Waals surface area contributed by atoms with Crippen molar-refractivity contribution in [3.8, 4) is 5.75 Å². The van der Waals surface area contributed by atoms with Crippen LogP contribution in [0, 0.1) is 0 Å². The summed E-state index contributed by atoms with van der Waals surface area (Å²) in [4.78, 5) is 20.6. The van der Waals surface area contributed by atoms with Crippen molar-refractivity contribution in [3.63, 3.8) is 0 Å². The predicted molar refractivity (Wildman–Crippen MR) is 135 cm³/mol. The first-order valence-electron chi connectivity index (χ1n) is 12.0. The van der Waals surface area contributed by atoms with E-state index in [4.69, 9.17) is 9.72 Å². The number of fused-ring (bicyclic) bond motifs is 4. The highest BCUT2D eigenvalue weighted by Crippen LogP contribution is 2.35. The first kappa shape index (κ1) is 20.9. The largest absolute Gasteiger partial charge is 0.496 e. The lowest BCUT2D eigenvalue weighted by atomic mass is 9.92. The molecular formula is C27H29N3O2S. The summed E-state index contributed by atoms with van der Waals surface area (Å²) in [5, 5.41) is 6.96. The molecule has 4 aromatic rings. The molecule has 2 aliphatic carbocycles. The minimum atomic E-state index is 0.0645. The summed E-state index contributed by atoms with van der Waals surface area (Å²) in [6.45, 7) is 0.447. The summed E-state index contributed by atoms with van der Waals surface area (Å²) in [5.74, 6) is 0.800. The second kappa shape index (κ2) is 8.58. The zero-order chi connectivity index (χ0) is 22.4. The van der Waals surface area contributed by atoms with E-state index < -0.39 is 0 Å². The van der Waals surface area contributed by atoms with Gasteiger partial charge >= 0.3 is 0 Å². The molecule has 6 heteroatoms. The molecule has 2 heterocycles. The van der Waals surface area contributed by atoms with Crippen molar-refractivity contribution in [2.45, 2.75) is 63.6 Å². The Kier molecular flexibility index (Phi) is 5.43. The Balaban J connectivity index is 1.35. The molecule has 1 atom stereocenters. The summed E-state index contributed by atoms with van der Waals surface area (Å²) >= 11 is 1.71. The number of thiophene rings is 1. The molecule has 0 radical (unpaired) electrons. The molecule has 0 spiro atoms. The SMILES string of the molecule is COc1ccc2ccccc2c1Cn1cnc2sc3c(c2c1=O)CC[C@@H](NC1CCCC1)C3. The van der Waals surface area contributed by atoms with Gasteiger partial charge in [0.05, 0.1) is 25.4 Å². The Morgan fingerprint density at radius 3 is 2.82 bits per heavy atom. The van der Waals surface area contributed by atoms with E-state index in [2.05, 4.69) is 23.5 Å². The number of methoxy groups -OCH3 is 1. The van der Waals surface area contributed by atoms with Crippen LogP contribution in [0.5, 0.6) is 5.75 Å². The quantitative estimate of drug-likeness (QED) is 0.453. The maximum absolute atomic E-state index is 13.6. The molecule has 2 aromatic heterocycles. The molecule has 2 aromatic carbocycles. The number of ether oxygens (including phenoxy) is 1. The van der Waals surface area contributed by atoms with Crippen molar-refractivity contribution in [2.75, 3.05) is 7.11 Å². The number of hydrogen-bond acceptors (Lipinski definition) is 5. The molecule has 5 nitrogen and oxygen atoms in total. The van der Waals surface area contributed by atoms with E-state index in [1.165, 1.54) is 36.1 Å². The van der Waals surface area contributed by atoms with Crippen LogP contribution < -0.4 is 15.6 Å². The van der Waals surface area contributed by atoms with Crippen LogP contribution in [-0.2, 0) is 19.4 Å². The van der Waals surface area contributed by atoms with Crippen molar-refractivity contribution in [2.24, 2.45) is 0 Å². The van der Waals surface area contributed by atoms with E-state index in [1.807, 2.05) is 18.2 Å². The van der Waals surface area contributed by atoms with Gasteiger partial charge in [-0.3, -0.25) is 9.36 Å². The fourth-order valence-corrected chi connectivity index (χ4v) is 6.98. The highest BCUT2D eigenvalue weighted by atomic mass is 32.1. The minimum Gasteiger partial charge on any atom is -0.496 e. The van der Waals surface area contributed by atoms with Crippen LogP contribution in [-0.4, -0.2) is 28.7 Å². The topological polar surface area (TPSA) is 56.2 Å². The Morgan fingerprint density at radius 1 is 1.12 bits per heavy atom. The van der Waals surface area contributed by atoms with Crippen LogP contribution in [0.1, 0.15) is 48.1 Å². The summed E-state index contributed by atoms with van der Waals surface area (Å²) in [5.41, 5.74) is 2.31. The lowest BCUT2D eigenvalue weighted by molar-refractivity contribution is 0.399. The monoisotopic (exact) mass is 459 g/mol. The minimum absolute atomic E-state index is 0.0645. The number of aryl methyl sites for hydroxylation is 1. The van der Waals surface area contributed by atoms with Crippen molar-refractivity contribution < 1.29 is 4.74 Å². The van der Waals surface area contributed by atoms with E-state index in [0.29, 0.717) is 18.6 Å². The molecule has 170 valence electrons. The van der Waals surface area contributed by atoms with Gasteiger partial charge in [0.15, 0.2) is 0 Å². The zero-order valence-electron chi connectivity index (χ0n) is 19.0. The van der Waals surface area contributed by atoms with Gasteiger partial charge in [0.1, 0.15) is 10.6 Å². The fourth-order valence-electron chi connectivity index (χ4n) is 5.72. The molecule has 33 heavy (non-hydrogen) atoms. The third-order valence-corrected chi connectivity index (χ3v) is 8.57. The lowest BCUT2D eigenvalue weighted by Crippen LogP contribution is -2.40. The van der Waals surface area contributed by atoms with Crippen LogP contribution in [0.4, 0.5) is 0 Å². The van der Waals surface area contributed by atoms with Gasteiger partial charge in [-0.15, -0.1) is 11.3 Å².